The van der Waals surface area contributed by atoms with Crippen molar-refractivity contribution in [3.05, 3.63) is 0 Å². The van der Waals surface area contributed by atoms with Crippen LogP contribution in [-0.4, -0.2) is 96.7 Å². The van der Waals surface area contributed by atoms with Crippen LogP contribution in [0.5, 0.6) is 0 Å². The number of phosphoric acid groups is 2. The minimum Gasteiger partial charge on any atom is -0.462 e. The molecule has 0 aromatic rings. The van der Waals surface area contributed by atoms with Crippen LogP contribution in [0.3, 0.4) is 0 Å². The SMILES string of the molecule is CCCCCCCCCCCCCCCCCCCCCCCCC(=O)O[C@H](COC(=O)CCCCCCCCCCCCCCCCCCC(C)C)COP(=O)(O)OC[C@@H](O)COP(=O)(O)OC[C@@H](COC(=O)CCCCCCCCCC(C)C)OC(=O)CCCCCCCCCCCCCCCCCCC(C)C. The maximum atomic E-state index is 13.2. The fourth-order valence-electron chi connectivity index (χ4n) is 14.3. The molecule has 3 N–H and O–H groups in total. The molecule has 654 valence electrons. The number of carbonyl (C=O) groups excluding carboxylic acids is 4. The molecule has 0 spiro atoms. The molecule has 0 amide bonds. The van der Waals surface area contributed by atoms with E-state index in [9.17, 15) is 43.2 Å². The highest BCUT2D eigenvalue weighted by Gasteiger charge is 2.31. The fraction of sp³-hybridized carbons (Fsp3) is 0.956. The van der Waals surface area contributed by atoms with Gasteiger partial charge in [0.25, 0.3) is 0 Å². The molecule has 0 heterocycles. The number of hydrogen-bond acceptors (Lipinski definition) is 15. The van der Waals surface area contributed by atoms with Crippen molar-refractivity contribution in [1.82, 2.24) is 0 Å². The van der Waals surface area contributed by atoms with Gasteiger partial charge in [0.15, 0.2) is 12.2 Å². The van der Waals surface area contributed by atoms with Gasteiger partial charge in [0.1, 0.15) is 19.3 Å². The van der Waals surface area contributed by atoms with Crippen LogP contribution in [0.15, 0.2) is 0 Å². The number of aliphatic hydroxyl groups excluding tert-OH is 1. The van der Waals surface area contributed by atoms with Crippen molar-refractivity contribution in [2.24, 2.45) is 17.8 Å². The maximum Gasteiger partial charge on any atom is 0.472 e. The van der Waals surface area contributed by atoms with Crippen molar-refractivity contribution in [3.8, 4) is 0 Å². The second-order valence-electron chi connectivity index (χ2n) is 34.1. The van der Waals surface area contributed by atoms with Crippen LogP contribution in [-0.2, 0) is 65.4 Å². The molecule has 0 saturated heterocycles. The molecule has 0 aromatic heterocycles. The smallest absolute Gasteiger partial charge is 0.462 e. The second-order valence-corrected chi connectivity index (χ2v) is 37.0. The summed E-state index contributed by atoms with van der Waals surface area (Å²) < 4.78 is 69.0. The van der Waals surface area contributed by atoms with Gasteiger partial charge in [-0.15, -0.1) is 0 Å². The Labute approximate surface area is 677 Å². The van der Waals surface area contributed by atoms with E-state index in [1.54, 1.807) is 0 Å². The zero-order valence-corrected chi connectivity index (χ0v) is 74.5. The third-order valence-corrected chi connectivity index (χ3v) is 23.3. The van der Waals surface area contributed by atoms with Crippen LogP contribution in [0.25, 0.3) is 0 Å². The molecule has 110 heavy (non-hydrogen) atoms. The topological polar surface area (TPSA) is 237 Å². The van der Waals surface area contributed by atoms with Crippen LogP contribution in [0.1, 0.15) is 485 Å². The Morgan fingerprint density at radius 3 is 0.618 bits per heavy atom. The molecule has 0 fully saturated rings. The van der Waals surface area contributed by atoms with E-state index in [4.69, 9.17) is 37.0 Å². The van der Waals surface area contributed by atoms with Crippen LogP contribution in [0.2, 0.25) is 0 Å². The third-order valence-electron chi connectivity index (χ3n) is 21.4. The largest absolute Gasteiger partial charge is 0.472 e. The first kappa shape index (κ1) is 108. The van der Waals surface area contributed by atoms with Crippen LogP contribution >= 0.6 is 15.6 Å². The van der Waals surface area contributed by atoms with Gasteiger partial charge >= 0.3 is 39.5 Å². The Balaban J connectivity index is 5.21. The second kappa shape index (κ2) is 80.8. The molecule has 0 radical (unpaired) electrons. The maximum absolute atomic E-state index is 13.2. The lowest BCUT2D eigenvalue weighted by atomic mass is 10.0. The number of ether oxygens (including phenoxy) is 4. The Kier molecular flexibility index (Phi) is 79.4. The van der Waals surface area contributed by atoms with E-state index in [1.807, 2.05) is 0 Å². The van der Waals surface area contributed by atoms with Crippen LogP contribution in [0, 0.1) is 17.8 Å². The number of hydrogen-bond donors (Lipinski definition) is 3. The first-order valence-corrected chi connectivity index (χ1v) is 49.8. The summed E-state index contributed by atoms with van der Waals surface area (Å²) in [5.74, 6) is 0.226. The van der Waals surface area contributed by atoms with E-state index >= 15 is 0 Å². The lowest BCUT2D eigenvalue weighted by Crippen LogP contribution is -2.30. The van der Waals surface area contributed by atoms with Crippen molar-refractivity contribution in [2.75, 3.05) is 39.6 Å². The molecule has 5 atom stereocenters. The number of unbranched alkanes of at least 4 members (excludes halogenated alkanes) is 57. The Bertz CT molecular complexity index is 2110. The number of rotatable bonds is 89. The average Bonchev–Trinajstić information content (AvgIpc) is 0.903. The molecule has 0 aromatic carbocycles. The lowest BCUT2D eigenvalue weighted by Gasteiger charge is -2.21. The average molecular weight is 1610 g/mol. The highest BCUT2D eigenvalue weighted by Crippen LogP contribution is 2.45. The predicted octanol–water partition coefficient (Wildman–Crippen LogP) is 28.0. The monoisotopic (exact) mass is 1610 g/mol. The van der Waals surface area contributed by atoms with Gasteiger partial charge in [0.05, 0.1) is 26.4 Å². The van der Waals surface area contributed by atoms with Gasteiger partial charge in [-0.1, -0.05) is 434 Å². The first-order valence-electron chi connectivity index (χ1n) is 46.8. The van der Waals surface area contributed by atoms with E-state index in [0.29, 0.717) is 31.6 Å². The Hall–Kier alpha value is -1.94. The quantitative estimate of drug-likeness (QED) is 0.0222. The standard InChI is InChI=1S/C91H178O17P2/c1-8-9-10-11-12-13-14-15-16-17-18-19-20-21-22-30-35-40-45-52-60-67-74-90(95)107-86(78-101-88(93)72-65-58-51-44-39-34-29-25-23-27-32-37-42-48-55-62-69-82(2)3)80-105-109(97,98)103-76-85(92)77-104-110(99,100)106-81-87(79-102-89(94)73-66-59-54-47-50-57-64-71-84(6)7)108-91(96)75-68-61-53-46-41-36-31-26-24-28-33-38-43-49-56-63-70-83(4)5/h82-87,92H,8-81H2,1-7H3,(H,97,98)(H,99,100)/t85-,86-,87-/m1/s1. The summed E-state index contributed by atoms with van der Waals surface area (Å²) in [6, 6.07) is 0. The van der Waals surface area contributed by atoms with Crippen LogP contribution in [0.4, 0.5) is 0 Å². The number of aliphatic hydroxyl groups is 1. The molecule has 0 saturated carbocycles. The summed E-state index contributed by atoms with van der Waals surface area (Å²) in [4.78, 5) is 73.4. The van der Waals surface area contributed by atoms with Gasteiger partial charge < -0.3 is 33.8 Å². The summed E-state index contributed by atoms with van der Waals surface area (Å²) >= 11 is 0. The molecule has 0 aliphatic rings. The molecule has 0 aliphatic carbocycles. The van der Waals surface area contributed by atoms with Gasteiger partial charge in [-0.3, -0.25) is 37.3 Å². The Morgan fingerprint density at radius 1 is 0.245 bits per heavy atom. The number of phosphoric ester groups is 2. The van der Waals surface area contributed by atoms with Crippen molar-refractivity contribution < 1.29 is 80.2 Å². The Morgan fingerprint density at radius 2 is 0.418 bits per heavy atom. The van der Waals surface area contributed by atoms with Gasteiger partial charge in [-0.2, -0.15) is 0 Å². The predicted molar refractivity (Wildman–Crippen MR) is 455 cm³/mol. The van der Waals surface area contributed by atoms with Crippen molar-refractivity contribution in [1.29, 1.82) is 0 Å². The summed E-state index contributed by atoms with van der Waals surface area (Å²) in [7, 11) is -9.94. The summed E-state index contributed by atoms with van der Waals surface area (Å²) in [5.41, 5.74) is 0. The molecular formula is C91H178O17P2. The molecular weight excluding hydrogens is 1430 g/mol. The van der Waals surface area contributed by atoms with E-state index in [-0.39, 0.29) is 25.7 Å². The zero-order valence-electron chi connectivity index (χ0n) is 72.7. The van der Waals surface area contributed by atoms with E-state index < -0.39 is 97.5 Å². The summed E-state index contributed by atoms with van der Waals surface area (Å²) in [5, 5.41) is 10.7. The summed E-state index contributed by atoms with van der Waals surface area (Å²) in [6.07, 6.45) is 73.9. The van der Waals surface area contributed by atoms with Gasteiger partial charge in [-0.25, -0.2) is 9.13 Å². The van der Waals surface area contributed by atoms with Crippen molar-refractivity contribution in [2.45, 2.75) is 503 Å². The van der Waals surface area contributed by atoms with Crippen molar-refractivity contribution in [3.63, 3.8) is 0 Å². The lowest BCUT2D eigenvalue weighted by molar-refractivity contribution is -0.161. The van der Waals surface area contributed by atoms with Gasteiger partial charge in [0, 0.05) is 25.7 Å². The molecule has 0 rings (SSSR count). The zero-order chi connectivity index (χ0) is 80.8. The minimum atomic E-state index is -4.97. The third kappa shape index (κ3) is 84.0. The molecule has 17 nitrogen and oxygen atoms in total. The van der Waals surface area contributed by atoms with E-state index in [0.717, 1.165) is 108 Å². The molecule has 2 unspecified atom stereocenters. The molecule has 0 aliphatic heterocycles. The molecule has 19 heteroatoms. The fourth-order valence-corrected chi connectivity index (χ4v) is 15.8. The van der Waals surface area contributed by atoms with Crippen molar-refractivity contribution >= 4 is 39.5 Å². The normalized spacial score (nSPS) is 13.8. The number of esters is 4. The van der Waals surface area contributed by atoms with Crippen LogP contribution < -0.4 is 0 Å². The first-order chi connectivity index (χ1) is 53.2. The number of carbonyl (C=O) groups is 4. The van der Waals surface area contributed by atoms with E-state index in [1.165, 1.54) is 289 Å². The van der Waals surface area contributed by atoms with E-state index in [2.05, 4.69) is 48.5 Å². The highest BCUT2D eigenvalue weighted by atomic mass is 31.2. The summed E-state index contributed by atoms with van der Waals surface area (Å²) in [6.45, 7) is 12.0. The van der Waals surface area contributed by atoms with Gasteiger partial charge in [-0.05, 0) is 43.4 Å². The minimum absolute atomic E-state index is 0.107. The van der Waals surface area contributed by atoms with Gasteiger partial charge in [0.2, 0.25) is 0 Å². The molecule has 0 bridgehead atoms. The highest BCUT2D eigenvalue weighted by molar-refractivity contribution is 7.47.